The van der Waals surface area contributed by atoms with E-state index in [0.717, 1.165) is 26.1 Å². The van der Waals surface area contributed by atoms with E-state index in [-0.39, 0.29) is 6.10 Å². The smallest absolute Gasteiger partial charge is 0.0599 e. The van der Waals surface area contributed by atoms with Crippen LogP contribution < -0.4 is 0 Å². The van der Waals surface area contributed by atoms with Crippen molar-refractivity contribution in [3.8, 4) is 12.3 Å². The van der Waals surface area contributed by atoms with Crippen LogP contribution in [0.5, 0.6) is 0 Å². The van der Waals surface area contributed by atoms with Gasteiger partial charge >= 0.3 is 0 Å². The van der Waals surface area contributed by atoms with Crippen molar-refractivity contribution in [2.24, 2.45) is 11.8 Å². The van der Waals surface area contributed by atoms with Crippen molar-refractivity contribution < 1.29 is 5.11 Å². The van der Waals surface area contributed by atoms with E-state index in [4.69, 9.17) is 6.42 Å². The van der Waals surface area contributed by atoms with Crippen LogP contribution in [0.4, 0.5) is 0 Å². The first-order valence-electron chi connectivity index (χ1n) is 4.65. The molecule has 66 valence electrons. The van der Waals surface area contributed by atoms with Crippen LogP contribution in [0, 0.1) is 24.2 Å². The van der Waals surface area contributed by atoms with E-state index >= 15 is 0 Å². The van der Waals surface area contributed by atoms with E-state index in [2.05, 4.69) is 10.8 Å². The second-order valence-corrected chi connectivity index (χ2v) is 3.97. The largest absolute Gasteiger partial charge is 0.393 e. The number of aliphatic hydroxyl groups excluding tert-OH is 1. The predicted molar refractivity (Wildman–Crippen MR) is 47.5 cm³/mol. The Hall–Kier alpha value is -0.520. The highest BCUT2D eigenvalue weighted by atomic mass is 16.3. The van der Waals surface area contributed by atoms with Gasteiger partial charge < -0.3 is 5.11 Å². The highest BCUT2D eigenvalue weighted by Gasteiger charge is 2.41. The first-order valence-corrected chi connectivity index (χ1v) is 4.65. The third kappa shape index (κ3) is 1.24. The SMILES string of the molecule is C#CCN1CC2CCC(O)C2C1. The maximum atomic E-state index is 9.61. The molecule has 1 aliphatic carbocycles. The summed E-state index contributed by atoms with van der Waals surface area (Å²) in [6.45, 7) is 2.86. The Morgan fingerprint density at radius 2 is 2.25 bits per heavy atom. The standard InChI is InChI=1S/C10H15NO/c1-2-5-11-6-8-3-4-10(12)9(8)7-11/h1,8-10,12H,3-7H2. The maximum Gasteiger partial charge on any atom is 0.0599 e. The zero-order chi connectivity index (χ0) is 8.55. The van der Waals surface area contributed by atoms with Crippen LogP contribution in [0.15, 0.2) is 0 Å². The zero-order valence-electron chi connectivity index (χ0n) is 7.24. The van der Waals surface area contributed by atoms with E-state index < -0.39 is 0 Å². The average molecular weight is 165 g/mol. The Labute approximate surface area is 73.6 Å². The summed E-state index contributed by atoms with van der Waals surface area (Å²) in [5, 5.41) is 9.61. The number of hydrogen-bond acceptors (Lipinski definition) is 2. The highest BCUT2D eigenvalue weighted by Crippen LogP contribution is 2.37. The molecule has 1 aliphatic heterocycles. The molecule has 2 nitrogen and oxygen atoms in total. The highest BCUT2D eigenvalue weighted by molar-refractivity contribution is 4.97. The first kappa shape index (κ1) is 8.10. The van der Waals surface area contributed by atoms with Crippen LogP contribution in [-0.4, -0.2) is 35.7 Å². The lowest BCUT2D eigenvalue weighted by Gasteiger charge is -2.14. The van der Waals surface area contributed by atoms with E-state index in [1.54, 1.807) is 0 Å². The first-order chi connectivity index (χ1) is 5.81. The fourth-order valence-corrected chi connectivity index (χ4v) is 2.59. The molecule has 0 spiro atoms. The van der Waals surface area contributed by atoms with Crippen molar-refractivity contribution in [1.82, 2.24) is 4.90 Å². The molecular formula is C10H15NO. The average Bonchev–Trinajstić information content (AvgIpc) is 2.55. The van der Waals surface area contributed by atoms with Crippen LogP contribution >= 0.6 is 0 Å². The monoisotopic (exact) mass is 165 g/mol. The van der Waals surface area contributed by atoms with Crippen molar-refractivity contribution in [1.29, 1.82) is 0 Å². The molecule has 3 atom stereocenters. The lowest BCUT2D eigenvalue weighted by Crippen LogP contribution is -2.24. The van der Waals surface area contributed by atoms with Gasteiger partial charge in [-0.15, -0.1) is 6.42 Å². The fourth-order valence-electron chi connectivity index (χ4n) is 2.59. The normalized spacial score (nSPS) is 41.2. The summed E-state index contributed by atoms with van der Waals surface area (Å²) in [7, 11) is 0. The van der Waals surface area contributed by atoms with E-state index in [9.17, 15) is 5.11 Å². The minimum absolute atomic E-state index is 0.0576. The summed E-state index contributed by atoms with van der Waals surface area (Å²) < 4.78 is 0. The minimum atomic E-state index is -0.0576. The molecule has 1 saturated heterocycles. The lowest BCUT2D eigenvalue weighted by molar-refractivity contribution is 0.125. The molecule has 0 aromatic rings. The summed E-state index contributed by atoms with van der Waals surface area (Å²) in [5.74, 6) is 3.89. The van der Waals surface area contributed by atoms with Crippen LogP contribution in [0.2, 0.25) is 0 Å². The van der Waals surface area contributed by atoms with Gasteiger partial charge in [-0.25, -0.2) is 0 Å². The third-order valence-corrected chi connectivity index (χ3v) is 3.21. The number of rotatable bonds is 1. The van der Waals surface area contributed by atoms with Gasteiger partial charge in [-0.05, 0) is 18.8 Å². The third-order valence-electron chi connectivity index (χ3n) is 3.21. The Bertz CT molecular complexity index is 208. The Morgan fingerprint density at radius 1 is 1.42 bits per heavy atom. The van der Waals surface area contributed by atoms with Crippen molar-refractivity contribution in [3.05, 3.63) is 0 Å². The topological polar surface area (TPSA) is 23.5 Å². The van der Waals surface area contributed by atoms with Gasteiger partial charge in [0.05, 0.1) is 12.6 Å². The van der Waals surface area contributed by atoms with Gasteiger partial charge in [-0.1, -0.05) is 5.92 Å². The van der Waals surface area contributed by atoms with Crippen LogP contribution in [0.3, 0.4) is 0 Å². The Morgan fingerprint density at radius 3 is 2.92 bits per heavy atom. The molecule has 0 aromatic carbocycles. The van der Waals surface area contributed by atoms with Crippen LogP contribution in [0.25, 0.3) is 0 Å². The maximum absolute atomic E-state index is 9.61. The molecular weight excluding hydrogens is 150 g/mol. The molecule has 2 fully saturated rings. The van der Waals surface area contributed by atoms with Gasteiger partial charge in [0.1, 0.15) is 0 Å². The van der Waals surface area contributed by atoms with Gasteiger partial charge in [0.15, 0.2) is 0 Å². The van der Waals surface area contributed by atoms with Crippen molar-refractivity contribution >= 4 is 0 Å². The summed E-state index contributed by atoms with van der Waals surface area (Å²) in [6, 6.07) is 0. The quantitative estimate of drug-likeness (QED) is 0.566. The van der Waals surface area contributed by atoms with Gasteiger partial charge in [-0.2, -0.15) is 0 Å². The molecule has 12 heavy (non-hydrogen) atoms. The molecule has 3 unspecified atom stereocenters. The minimum Gasteiger partial charge on any atom is -0.393 e. The number of aliphatic hydroxyl groups is 1. The molecule has 2 heteroatoms. The summed E-state index contributed by atoms with van der Waals surface area (Å²) >= 11 is 0. The zero-order valence-corrected chi connectivity index (χ0v) is 7.24. The molecule has 0 bridgehead atoms. The number of terminal acetylenes is 1. The predicted octanol–water partition coefficient (Wildman–Crippen LogP) is 0.322. The van der Waals surface area contributed by atoms with Crippen molar-refractivity contribution in [3.63, 3.8) is 0 Å². The van der Waals surface area contributed by atoms with Gasteiger partial charge in [-0.3, -0.25) is 4.90 Å². The second kappa shape index (κ2) is 3.08. The number of likely N-dealkylation sites (tertiary alicyclic amines) is 1. The Balaban J connectivity index is 1.95. The van der Waals surface area contributed by atoms with E-state index in [1.165, 1.54) is 6.42 Å². The van der Waals surface area contributed by atoms with Crippen molar-refractivity contribution in [2.45, 2.75) is 18.9 Å². The van der Waals surface area contributed by atoms with Gasteiger partial charge in [0.25, 0.3) is 0 Å². The summed E-state index contributed by atoms with van der Waals surface area (Å²) in [6.07, 6.45) is 7.37. The lowest BCUT2D eigenvalue weighted by atomic mass is 10.00. The number of nitrogens with zero attached hydrogens (tertiary/aromatic N) is 1. The van der Waals surface area contributed by atoms with Gasteiger partial charge in [0, 0.05) is 19.0 Å². The molecule has 2 rings (SSSR count). The van der Waals surface area contributed by atoms with Crippen molar-refractivity contribution in [2.75, 3.05) is 19.6 Å². The molecule has 0 aromatic heterocycles. The fraction of sp³-hybridized carbons (Fsp3) is 0.800. The van der Waals surface area contributed by atoms with E-state index in [1.807, 2.05) is 0 Å². The molecule has 1 saturated carbocycles. The second-order valence-electron chi connectivity index (χ2n) is 3.97. The molecule has 0 radical (unpaired) electrons. The van der Waals surface area contributed by atoms with Gasteiger partial charge in [0.2, 0.25) is 0 Å². The molecule has 1 heterocycles. The molecule has 1 N–H and O–H groups in total. The van der Waals surface area contributed by atoms with Crippen LogP contribution in [-0.2, 0) is 0 Å². The Kier molecular flexibility index (Phi) is 2.08. The van der Waals surface area contributed by atoms with E-state index in [0.29, 0.717) is 11.8 Å². The molecule has 0 amide bonds. The number of fused-ring (bicyclic) bond motifs is 1. The summed E-state index contributed by atoms with van der Waals surface area (Å²) in [5.41, 5.74) is 0. The summed E-state index contributed by atoms with van der Waals surface area (Å²) in [4.78, 5) is 2.28. The molecule has 2 aliphatic rings. The number of hydrogen-bond donors (Lipinski definition) is 1. The van der Waals surface area contributed by atoms with Crippen LogP contribution in [0.1, 0.15) is 12.8 Å².